The van der Waals surface area contributed by atoms with Gasteiger partial charge in [-0.15, -0.1) is 0 Å². The van der Waals surface area contributed by atoms with Crippen molar-refractivity contribution in [2.45, 2.75) is 12.8 Å². The Hall–Kier alpha value is -0.210. The quantitative estimate of drug-likeness (QED) is 0.637. The lowest BCUT2D eigenvalue weighted by atomic mass is 10.4. The Balaban J connectivity index is 1.72. The van der Waals surface area contributed by atoms with Crippen molar-refractivity contribution in [3.05, 3.63) is 0 Å². The third kappa shape index (κ3) is 3.89. The molecule has 0 amide bonds. The van der Waals surface area contributed by atoms with Crippen LogP contribution < -0.4 is 5.32 Å². The van der Waals surface area contributed by atoms with Gasteiger partial charge in [0, 0.05) is 46.4 Å². The summed E-state index contributed by atoms with van der Waals surface area (Å²) in [5.74, 6) is 0.722. The van der Waals surface area contributed by atoms with E-state index in [1.165, 1.54) is 21.5 Å². The Morgan fingerprint density at radius 3 is 2.61 bits per heavy atom. The van der Waals surface area contributed by atoms with Gasteiger partial charge < -0.3 is 10.1 Å². The molecule has 2 rings (SSSR count). The van der Waals surface area contributed by atoms with Crippen molar-refractivity contribution in [1.82, 2.24) is 13.9 Å². The SMILES string of the molecule is CN(CCOCC1CC1)S(=O)(=O)N1CCNCC1. The topological polar surface area (TPSA) is 61.9 Å². The van der Waals surface area contributed by atoms with Crippen LogP contribution >= 0.6 is 0 Å². The van der Waals surface area contributed by atoms with E-state index in [9.17, 15) is 8.42 Å². The maximum atomic E-state index is 12.2. The minimum absolute atomic E-state index is 0.430. The normalized spacial score (nSPS) is 22.6. The lowest BCUT2D eigenvalue weighted by Gasteiger charge is -2.30. The van der Waals surface area contributed by atoms with E-state index in [0.29, 0.717) is 26.2 Å². The fraction of sp³-hybridized carbons (Fsp3) is 1.00. The molecule has 0 aromatic carbocycles. The van der Waals surface area contributed by atoms with Crippen LogP contribution in [0, 0.1) is 5.92 Å². The maximum Gasteiger partial charge on any atom is 0.281 e. The number of ether oxygens (including phenoxy) is 1. The van der Waals surface area contributed by atoms with Crippen molar-refractivity contribution >= 4 is 10.2 Å². The number of nitrogens with one attached hydrogen (secondary N) is 1. The molecule has 18 heavy (non-hydrogen) atoms. The van der Waals surface area contributed by atoms with Crippen LogP contribution in [0.3, 0.4) is 0 Å². The summed E-state index contributed by atoms with van der Waals surface area (Å²) in [5, 5.41) is 3.15. The van der Waals surface area contributed by atoms with Gasteiger partial charge in [0.1, 0.15) is 0 Å². The number of likely N-dealkylation sites (N-methyl/N-ethyl adjacent to an activating group) is 1. The van der Waals surface area contributed by atoms with Crippen LogP contribution in [-0.4, -0.2) is 70.0 Å². The molecule has 0 aromatic heterocycles. The van der Waals surface area contributed by atoms with E-state index in [1.54, 1.807) is 7.05 Å². The first-order valence-electron chi connectivity index (χ1n) is 6.60. The zero-order valence-corrected chi connectivity index (χ0v) is 11.8. The molecule has 0 bridgehead atoms. The summed E-state index contributed by atoms with van der Waals surface area (Å²) in [6.45, 7) is 4.25. The van der Waals surface area contributed by atoms with E-state index in [-0.39, 0.29) is 0 Å². The summed E-state index contributed by atoms with van der Waals surface area (Å²) in [6, 6.07) is 0. The van der Waals surface area contributed by atoms with E-state index in [1.807, 2.05) is 0 Å². The molecule has 1 aliphatic carbocycles. The molecule has 0 unspecified atom stereocenters. The van der Waals surface area contributed by atoms with Crippen LogP contribution in [0.25, 0.3) is 0 Å². The third-order valence-electron chi connectivity index (χ3n) is 3.40. The van der Waals surface area contributed by atoms with Crippen molar-refractivity contribution in [2.75, 3.05) is 53.0 Å². The zero-order valence-electron chi connectivity index (χ0n) is 11.0. The van der Waals surface area contributed by atoms with Crippen molar-refractivity contribution in [3.8, 4) is 0 Å². The molecule has 1 aliphatic heterocycles. The fourth-order valence-corrected chi connectivity index (χ4v) is 3.26. The molecule has 0 aromatic rings. The Morgan fingerprint density at radius 1 is 1.33 bits per heavy atom. The minimum atomic E-state index is -3.30. The number of nitrogens with zero attached hydrogens (tertiary/aromatic N) is 2. The smallest absolute Gasteiger partial charge is 0.281 e. The monoisotopic (exact) mass is 277 g/mol. The van der Waals surface area contributed by atoms with Crippen molar-refractivity contribution in [2.24, 2.45) is 5.92 Å². The van der Waals surface area contributed by atoms with E-state index < -0.39 is 10.2 Å². The van der Waals surface area contributed by atoms with Gasteiger partial charge in [0.25, 0.3) is 10.2 Å². The van der Waals surface area contributed by atoms with Gasteiger partial charge in [-0.1, -0.05) is 0 Å². The van der Waals surface area contributed by atoms with Gasteiger partial charge in [0.15, 0.2) is 0 Å². The molecule has 0 spiro atoms. The first-order valence-corrected chi connectivity index (χ1v) is 8.00. The summed E-state index contributed by atoms with van der Waals surface area (Å²) >= 11 is 0. The van der Waals surface area contributed by atoms with Crippen molar-refractivity contribution in [3.63, 3.8) is 0 Å². The largest absolute Gasteiger partial charge is 0.380 e. The van der Waals surface area contributed by atoms with E-state index in [4.69, 9.17) is 4.74 Å². The van der Waals surface area contributed by atoms with Gasteiger partial charge in [-0.3, -0.25) is 0 Å². The van der Waals surface area contributed by atoms with Crippen LogP contribution in [0.5, 0.6) is 0 Å². The highest BCUT2D eigenvalue weighted by Crippen LogP contribution is 2.28. The Morgan fingerprint density at radius 2 is 2.00 bits per heavy atom. The summed E-state index contributed by atoms with van der Waals surface area (Å²) in [5.41, 5.74) is 0. The van der Waals surface area contributed by atoms with Crippen LogP contribution in [-0.2, 0) is 14.9 Å². The Kier molecular flexibility index (Phi) is 4.97. The first kappa shape index (κ1) is 14.2. The lowest BCUT2D eigenvalue weighted by Crippen LogP contribution is -2.51. The molecule has 1 saturated heterocycles. The van der Waals surface area contributed by atoms with Crippen molar-refractivity contribution < 1.29 is 13.2 Å². The van der Waals surface area contributed by atoms with Gasteiger partial charge in [-0.05, 0) is 18.8 Å². The Labute approximate surface area is 109 Å². The average Bonchev–Trinajstić information content (AvgIpc) is 3.19. The lowest BCUT2D eigenvalue weighted by molar-refractivity contribution is 0.116. The summed E-state index contributed by atoms with van der Waals surface area (Å²) in [7, 11) is -1.68. The molecular weight excluding hydrogens is 254 g/mol. The molecule has 0 radical (unpaired) electrons. The standard InChI is InChI=1S/C11H23N3O3S/c1-13(8-9-17-10-11-2-3-11)18(15,16)14-6-4-12-5-7-14/h11-12H,2-10H2,1H3. The van der Waals surface area contributed by atoms with Crippen LogP contribution in [0.15, 0.2) is 0 Å². The van der Waals surface area contributed by atoms with Crippen LogP contribution in [0.4, 0.5) is 0 Å². The number of hydrogen-bond donors (Lipinski definition) is 1. The second-order valence-electron chi connectivity index (χ2n) is 5.00. The van der Waals surface area contributed by atoms with Crippen LogP contribution in [0.2, 0.25) is 0 Å². The highest BCUT2D eigenvalue weighted by atomic mass is 32.2. The summed E-state index contributed by atoms with van der Waals surface area (Å²) < 4.78 is 32.8. The Bertz CT molecular complexity index is 351. The molecule has 6 nitrogen and oxygen atoms in total. The fourth-order valence-electron chi connectivity index (χ4n) is 1.92. The minimum Gasteiger partial charge on any atom is -0.380 e. The molecule has 2 fully saturated rings. The van der Waals surface area contributed by atoms with E-state index >= 15 is 0 Å². The molecule has 106 valence electrons. The van der Waals surface area contributed by atoms with Gasteiger partial charge in [0.2, 0.25) is 0 Å². The molecule has 2 aliphatic rings. The second-order valence-corrected chi connectivity index (χ2v) is 7.03. The van der Waals surface area contributed by atoms with Gasteiger partial charge in [-0.2, -0.15) is 17.0 Å². The molecule has 0 atom stereocenters. The molecule has 7 heteroatoms. The highest BCUT2D eigenvalue weighted by Gasteiger charge is 2.28. The van der Waals surface area contributed by atoms with Gasteiger partial charge in [-0.25, -0.2) is 0 Å². The van der Waals surface area contributed by atoms with E-state index in [2.05, 4.69) is 5.32 Å². The molecule has 1 saturated carbocycles. The van der Waals surface area contributed by atoms with Gasteiger partial charge in [0.05, 0.1) is 6.61 Å². The molecule has 1 heterocycles. The number of piperazine rings is 1. The zero-order chi connectivity index (χ0) is 13.0. The van der Waals surface area contributed by atoms with Crippen molar-refractivity contribution in [1.29, 1.82) is 0 Å². The maximum absolute atomic E-state index is 12.2. The highest BCUT2D eigenvalue weighted by molar-refractivity contribution is 7.86. The summed E-state index contributed by atoms with van der Waals surface area (Å²) in [6.07, 6.45) is 2.52. The van der Waals surface area contributed by atoms with Gasteiger partial charge >= 0.3 is 0 Å². The van der Waals surface area contributed by atoms with E-state index in [0.717, 1.165) is 25.6 Å². The molecular formula is C11H23N3O3S. The van der Waals surface area contributed by atoms with Crippen LogP contribution in [0.1, 0.15) is 12.8 Å². The summed E-state index contributed by atoms with van der Waals surface area (Å²) in [4.78, 5) is 0. The average molecular weight is 277 g/mol. The number of hydrogen-bond acceptors (Lipinski definition) is 4. The third-order valence-corrected chi connectivity index (χ3v) is 5.39. The second kappa shape index (κ2) is 6.29. The molecule has 1 N–H and O–H groups in total. The predicted octanol–water partition coefficient (Wildman–Crippen LogP) is -0.505. The predicted molar refractivity (Wildman–Crippen MR) is 69.5 cm³/mol. The number of rotatable bonds is 7. The first-order chi connectivity index (χ1) is 8.60.